The molecular formula is C52H32. The molecule has 1 aliphatic carbocycles. The standard InChI is InChI=1S/C52H32/c1-2-12-33(13-3-1)37-28-29-48-49(32-37)50(36-26-24-35(25-27-36)39-21-10-15-34-14-4-5-16-38(34)39)43-19-8-9-20-44(43)52(48)47-31-30-46-41-18-7-6-17-40(41)42-22-11-23-45(47)51(42)46/h1-32H. The van der Waals surface area contributed by atoms with Crippen molar-refractivity contribution in [2.45, 2.75) is 0 Å². The maximum absolute atomic E-state index is 2.42. The van der Waals surface area contributed by atoms with Crippen LogP contribution in [0.15, 0.2) is 194 Å². The van der Waals surface area contributed by atoms with E-state index in [1.54, 1.807) is 0 Å². The second-order valence-electron chi connectivity index (χ2n) is 14.0. The van der Waals surface area contributed by atoms with Gasteiger partial charge in [-0.15, -0.1) is 0 Å². The van der Waals surface area contributed by atoms with Crippen LogP contribution in [0.5, 0.6) is 0 Å². The average Bonchev–Trinajstić information content (AvgIpc) is 3.55. The third-order valence-corrected chi connectivity index (χ3v) is 11.2. The summed E-state index contributed by atoms with van der Waals surface area (Å²) in [6.45, 7) is 0. The van der Waals surface area contributed by atoms with Gasteiger partial charge in [0.05, 0.1) is 0 Å². The summed E-state index contributed by atoms with van der Waals surface area (Å²) in [5.74, 6) is 0. The van der Waals surface area contributed by atoms with Crippen LogP contribution >= 0.6 is 0 Å². The summed E-state index contributed by atoms with van der Waals surface area (Å²) in [4.78, 5) is 0. The third kappa shape index (κ3) is 4.28. The molecule has 0 aliphatic heterocycles. The molecule has 11 rings (SSSR count). The highest BCUT2D eigenvalue weighted by Crippen LogP contribution is 2.52. The van der Waals surface area contributed by atoms with Crippen LogP contribution in [0.25, 0.3) is 110 Å². The maximum Gasteiger partial charge on any atom is -0.00201 e. The number of fused-ring (bicyclic) bond motifs is 6. The first-order valence-electron chi connectivity index (χ1n) is 18.1. The van der Waals surface area contributed by atoms with Gasteiger partial charge in [-0.05, 0) is 116 Å². The molecule has 0 spiro atoms. The fourth-order valence-corrected chi connectivity index (χ4v) is 8.91. The van der Waals surface area contributed by atoms with E-state index in [0.717, 1.165) is 0 Å². The summed E-state index contributed by atoms with van der Waals surface area (Å²) in [6.07, 6.45) is 0. The van der Waals surface area contributed by atoms with Gasteiger partial charge in [0, 0.05) is 0 Å². The zero-order chi connectivity index (χ0) is 34.2. The Morgan fingerprint density at radius 1 is 0.212 bits per heavy atom. The Kier molecular flexibility index (Phi) is 6.35. The lowest BCUT2D eigenvalue weighted by molar-refractivity contribution is 1.62. The Balaban J connectivity index is 1.20. The Bertz CT molecular complexity index is 3000. The Morgan fingerprint density at radius 2 is 0.731 bits per heavy atom. The minimum absolute atomic E-state index is 1.22. The molecule has 10 aromatic carbocycles. The van der Waals surface area contributed by atoms with Crippen molar-refractivity contribution in [3.05, 3.63) is 194 Å². The first kappa shape index (κ1) is 29.0. The van der Waals surface area contributed by atoms with Crippen LogP contribution in [0.1, 0.15) is 0 Å². The molecule has 0 fully saturated rings. The lowest BCUT2D eigenvalue weighted by Crippen LogP contribution is -1.93. The minimum Gasteiger partial charge on any atom is -0.0622 e. The predicted molar refractivity (Wildman–Crippen MR) is 223 cm³/mol. The van der Waals surface area contributed by atoms with Crippen molar-refractivity contribution in [1.29, 1.82) is 0 Å². The molecule has 0 saturated carbocycles. The lowest BCUT2D eigenvalue weighted by Gasteiger charge is -2.20. The number of rotatable bonds is 4. The maximum atomic E-state index is 2.42. The minimum atomic E-state index is 1.22. The quantitative estimate of drug-likeness (QED) is 0.165. The van der Waals surface area contributed by atoms with Gasteiger partial charge in [-0.1, -0.05) is 188 Å². The highest BCUT2D eigenvalue weighted by molar-refractivity contribution is 6.26. The summed E-state index contributed by atoms with van der Waals surface area (Å²) >= 11 is 0. The average molecular weight is 657 g/mol. The van der Waals surface area contributed by atoms with Crippen LogP contribution in [0, 0.1) is 0 Å². The number of hydrogen-bond acceptors (Lipinski definition) is 0. The molecule has 0 heteroatoms. The van der Waals surface area contributed by atoms with Crippen molar-refractivity contribution >= 4 is 43.1 Å². The van der Waals surface area contributed by atoms with E-state index in [9.17, 15) is 0 Å². The monoisotopic (exact) mass is 656 g/mol. The van der Waals surface area contributed by atoms with Crippen molar-refractivity contribution < 1.29 is 0 Å². The normalized spacial score (nSPS) is 11.8. The van der Waals surface area contributed by atoms with E-state index < -0.39 is 0 Å². The van der Waals surface area contributed by atoms with Crippen molar-refractivity contribution in [3.63, 3.8) is 0 Å². The van der Waals surface area contributed by atoms with Gasteiger partial charge in [-0.3, -0.25) is 0 Å². The summed E-state index contributed by atoms with van der Waals surface area (Å²) in [5.41, 5.74) is 15.3. The molecule has 0 saturated heterocycles. The zero-order valence-electron chi connectivity index (χ0n) is 28.5. The topological polar surface area (TPSA) is 0 Å². The van der Waals surface area contributed by atoms with Crippen molar-refractivity contribution in [2.75, 3.05) is 0 Å². The lowest BCUT2D eigenvalue weighted by atomic mass is 9.83. The molecule has 0 N–H and O–H groups in total. The van der Waals surface area contributed by atoms with Crippen LogP contribution in [0.4, 0.5) is 0 Å². The van der Waals surface area contributed by atoms with Crippen LogP contribution in [0.3, 0.4) is 0 Å². The molecule has 0 bridgehead atoms. The molecule has 1 aliphatic rings. The first-order valence-corrected chi connectivity index (χ1v) is 18.1. The van der Waals surface area contributed by atoms with Crippen LogP contribution in [0.2, 0.25) is 0 Å². The van der Waals surface area contributed by atoms with Crippen molar-refractivity contribution in [1.82, 2.24) is 0 Å². The van der Waals surface area contributed by atoms with E-state index in [0.29, 0.717) is 0 Å². The SMILES string of the molecule is c1ccc(-c2ccc3c(-c4ccc5c6c(cccc46)-c4ccccc4-5)c4ccccc4c(-c4ccc(-c5cccc6ccccc56)cc4)c3c2)cc1. The smallest absolute Gasteiger partial charge is 0.00201 e. The van der Waals surface area contributed by atoms with Crippen LogP contribution in [-0.2, 0) is 0 Å². The molecule has 0 unspecified atom stereocenters. The van der Waals surface area contributed by atoms with E-state index in [-0.39, 0.29) is 0 Å². The molecule has 0 heterocycles. The summed E-state index contributed by atoms with van der Waals surface area (Å²) in [6, 6.07) is 71.8. The summed E-state index contributed by atoms with van der Waals surface area (Å²) in [5, 5.41) is 10.3. The predicted octanol–water partition coefficient (Wildman–Crippen LogP) is 14.6. The third-order valence-electron chi connectivity index (χ3n) is 11.2. The molecule has 0 aromatic heterocycles. The number of benzene rings is 10. The van der Waals surface area contributed by atoms with E-state index in [1.165, 1.54) is 110 Å². The molecule has 0 radical (unpaired) electrons. The van der Waals surface area contributed by atoms with Gasteiger partial charge in [0.15, 0.2) is 0 Å². The summed E-state index contributed by atoms with van der Waals surface area (Å²) in [7, 11) is 0. The van der Waals surface area contributed by atoms with E-state index in [2.05, 4.69) is 194 Å². The molecule has 0 nitrogen and oxygen atoms in total. The molecular weight excluding hydrogens is 625 g/mol. The van der Waals surface area contributed by atoms with Crippen molar-refractivity contribution in [3.8, 4) is 66.8 Å². The second-order valence-corrected chi connectivity index (χ2v) is 14.0. The molecule has 240 valence electrons. The van der Waals surface area contributed by atoms with E-state index in [4.69, 9.17) is 0 Å². The fourth-order valence-electron chi connectivity index (χ4n) is 8.91. The summed E-state index contributed by atoms with van der Waals surface area (Å²) < 4.78 is 0. The molecule has 0 atom stereocenters. The highest BCUT2D eigenvalue weighted by Gasteiger charge is 2.24. The molecule has 52 heavy (non-hydrogen) atoms. The van der Waals surface area contributed by atoms with Gasteiger partial charge < -0.3 is 0 Å². The zero-order valence-corrected chi connectivity index (χ0v) is 28.5. The Hall–Kier alpha value is -6.76. The second kappa shape index (κ2) is 11.4. The van der Waals surface area contributed by atoms with E-state index in [1.807, 2.05) is 0 Å². The van der Waals surface area contributed by atoms with Gasteiger partial charge >= 0.3 is 0 Å². The van der Waals surface area contributed by atoms with Gasteiger partial charge in [-0.2, -0.15) is 0 Å². The van der Waals surface area contributed by atoms with Crippen LogP contribution in [-0.4, -0.2) is 0 Å². The highest BCUT2D eigenvalue weighted by atomic mass is 14.3. The van der Waals surface area contributed by atoms with Crippen molar-refractivity contribution in [2.24, 2.45) is 0 Å². The largest absolute Gasteiger partial charge is 0.0622 e. The molecule has 0 amide bonds. The number of hydrogen-bond donors (Lipinski definition) is 0. The first-order chi connectivity index (χ1) is 25.8. The van der Waals surface area contributed by atoms with Crippen LogP contribution < -0.4 is 0 Å². The Morgan fingerprint density at radius 3 is 1.54 bits per heavy atom. The van der Waals surface area contributed by atoms with Gasteiger partial charge in [-0.25, -0.2) is 0 Å². The van der Waals surface area contributed by atoms with Gasteiger partial charge in [0.1, 0.15) is 0 Å². The van der Waals surface area contributed by atoms with E-state index >= 15 is 0 Å². The molecule has 10 aromatic rings. The van der Waals surface area contributed by atoms with Gasteiger partial charge in [0.2, 0.25) is 0 Å². The Labute approximate surface area is 302 Å². The van der Waals surface area contributed by atoms with Gasteiger partial charge in [0.25, 0.3) is 0 Å². The fraction of sp³-hybridized carbons (Fsp3) is 0.